The summed E-state index contributed by atoms with van der Waals surface area (Å²) in [6.45, 7) is 4.36. The molecule has 0 radical (unpaired) electrons. The van der Waals surface area contributed by atoms with E-state index in [0.717, 1.165) is 56.5 Å². The van der Waals surface area contributed by atoms with Crippen molar-refractivity contribution in [2.75, 3.05) is 33.4 Å². The Morgan fingerprint density at radius 1 is 1.10 bits per heavy atom. The van der Waals surface area contributed by atoms with Crippen molar-refractivity contribution < 1.29 is 14.2 Å². The molecule has 3 rings (SSSR count). The van der Waals surface area contributed by atoms with E-state index in [0.29, 0.717) is 13.2 Å². The van der Waals surface area contributed by atoms with Gasteiger partial charge in [-0.2, -0.15) is 0 Å². The molecule has 0 bridgehead atoms. The lowest BCUT2D eigenvalue weighted by Gasteiger charge is -2.14. The lowest BCUT2D eigenvalue weighted by molar-refractivity contribution is 0.0420. The lowest BCUT2D eigenvalue weighted by Crippen LogP contribution is -2.37. The molecule has 0 amide bonds. The Morgan fingerprint density at radius 2 is 1.93 bits per heavy atom. The molecule has 1 fully saturated rings. The van der Waals surface area contributed by atoms with Crippen molar-refractivity contribution in [2.45, 2.75) is 32.1 Å². The number of benzene rings is 2. The van der Waals surface area contributed by atoms with E-state index >= 15 is 0 Å². The lowest BCUT2D eigenvalue weighted by atomic mass is 10.1. The molecule has 30 heavy (non-hydrogen) atoms. The summed E-state index contributed by atoms with van der Waals surface area (Å²) in [6.07, 6.45) is 2.21. The number of hydrogen-bond donors (Lipinski definition) is 2. The maximum absolute atomic E-state index is 5.83. The second-order valence-corrected chi connectivity index (χ2v) is 6.98. The maximum atomic E-state index is 5.83. The van der Waals surface area contributed by atoms with Gasteiger partial charge in [-0.05, 0) is 36.1 Å². The molecule has 0 aromatic heterocycles. The summed E-state index contributed by atoms with van der Waals surface area (Å²) in [7, 11) is 1.78. The SMILES string of the molecule is CN=C(NCCCOC1CCOC1)NCc1cccc(COc2ccccc2)c1.I. The summed E-state index contributed by atoms with van der Waals surface area (Å²) in [5.41, 5.74) is 2.33. The molecule has 1 saturated heterocycles. The number of aliphatic imine (C=N–C) groups is 1. The van der Waals surface area contributed by atoms with E-state index in [2.05, 4.69) is 39.9 Å². The van der Waals surface area contributed by atoms with Crippen molar-refractivity contribution in [1.29, 1.82) is 0 Å². The highest BCUT2D eigenvalue weighted by atomic mass is 127. The quantitative estimate of drug-likeness (QED) is 0.214. The van der Waals surface area contributed by atoms with E-state index in [1.165, 1.54) is 5.56 Å². The molecule has 0 saturated carbocycles. The molecule has 1 heterocycles. The summed E-state index contributed by atoms with van der Waals surface area (Å²) in [5.74, 6) is 1.67. The zero-order valence-electron chi connectivity index (χ0n) is 17.5. The Morgan fingerprint density at radius 3 is 2.70 bits per heavy atom. The Hall–Kier alpha value is -1.84. The van der Waals surface area contributed by atoms with Crippen molar-refractivity contribution in [2.24, 2.45) is 4.99 Å². The summed E-state index contributed by atoms with van der Waals surface area (Å²) < 4.78 is 16.9. The number of ether oxygens (including phenoxy) is 3. The van der Waals surface area contributed by atoms with E-state index in [9.17, 15) is 0 Å². The molecule has 2 N–H and O–H groups in total. The Balaban J connectivity index is 0.00000320. The summed E-state index contributed by atoms with van der Waals surface area (Å²) >= 11 is 0. The topological polar surface area (TPSA) is 64.1 Å². The minimum atomic E-state index is 0. The Kier molecular flexibility index (Phi) is 11.6. The number of hydrogen-bond acceptors (Lipinski definition) is 4. The second kappa shape index (κ2) is 14.2. The van der Waals surface area contributed by atoms with Crippen LogP contribution in [0.2, 0.25) is 0 Å². The monoisotopic (exact) mass is 525 g/mol. The molecular weight excluding hydrogens is 493 g/mol. The molecular formula is C23H32IN3O3. The fourth-order valence-electron chi connectivity index (χ4n) is 3.09. The first-order valence-electron chi connectivity index (χ1n) is 10.2. The van der Waals surface area contributed by atoms with E-state index in [4.69, 9.17) is 14.2 Å². The van der Waals surface area contributed by atoms with E-state index in [1.54, 1.807) is 7.05 Å². The fourth-order valence-corrected chi connectivity index (χ4v) is 3.09. The van der Waals surface area contributed by atoms with Gasteiger partial charge in [-0.3, -0.25) is 4.99 Å². The maximum Gasteiger partial charge on any atom is 0.191 e. The van der Waals surface area contributed by atoms with Gasteiger partial charge in [0.05, 0.1) is 12.7 Å². The highest BCUT2D eigenvalue weighted by Crippen LogP contribution is 2.13. The van der Waals surface area contributed by atoms with Gasteiger partial charge in [-0.25, -0.2) is 0 Å². The third-order valence-corrected chi connectivity index (χ3v) is 4.68. The summed E-state index contributed by atoms with van der Waals surface area (Å²) in [5, 5.41) is 6.69. The van der Waals surface area contributed by atoms with Gasteiger partial charge < -0.3 is 24.8 Å². The van der Waals surface area contributed by atoms with Gasteiger partial charge >= 0.3 is 0 Å². The molecule has 2 aromatic rings. The third kappa shape index (κ3) is 8.89. The normalized spacial score (nSPS) is 16.0. The minimum absolute atomic E-state index is 0. The molecule has 1 aliphatic rings. The van der Waals surface area contributed by atoms with Gasteiger partial charge in [0.15, 0.2) is 5.96 Å². The second-order valence-electron chi connectivity index (χ2n) is 6.98. The first kappa shape index (κ1) is 24.4. The smallest absolute Gasteiger partial charge is 0.191 e. The number of rotatable bonds is 10. The molecule has 6 nitrogen and oxygen atoms in total. The number of para-hydroxylation sites is 1. The van der Waals surface area contributed by atoms with Crippen molar-refractivity contribution in [1.82, 2.24) is 10.6 Å². The van der Waals surface area contributed by atoms with Gasteiger partial charge in [0, 0.05) is 33.4 Å². The van der Waals surface area contributed by atoms with Gasteiger partial charge in [-0.1, -0.05) is 42.5 Å². The predicted octanol–water partition coefficient (Wildman–Crippen LogP) is 3.74. The van der Waals surface area contributed by atoms with Crippen LogP contribution in [0.1, 0.15) is 24.0 Å². The van der Waals surface area contributed by atoms with Crippen molar-refractivity contribution in [3.63, 3.8) is 0 Å². The Bertz CT molecular complexity index is 752. The molecule has 1 aliphatic heterocycles. The average Bonchev–Trinajstić information content (AvgIpc) is 3.29. The average molecular weight is 525 g/mol. The number of guanidine groups is 1. The van der Waals surface area contributed by atoms with Crippen LogP contribution < -0.4 is 15.4 Å². The molecule has 1 atom stereocenters. The van der Waals surface area contributed by atoms with Crippen LogP contribution in [0.3, 0.4) is 0 Å². The van der Waals surface area contributed by atoms with Crippen LogP contribution in [0, 0.1) is 0 Å². The highest BCUT2D eigenvalue weighted by molar-refractivity contribution is 14.0. The minimum Gasteiger partial charge on any atom is -0.489 e. The van der Waals surface area contributed by atoms with Crippen LogP contribution in [-0.2, 0) is 22.6 Å². The van der Waals surface area contributed by atoms with Gasteiger partial charge in [-0.15, -0.1) is 24.0 Å². The van der Waals surface area contributed by atoms with Crippen molar-refractivity contribution in [3.05, 3.63) is 65.7 Å². The van der Waals surface area contributed by atoms with Crippen LogP contribution in [0.5, 0.6) is 5.75 Å². The number of nitrogens with one attached hydrogen (secondary N) is 2. The molecule has 164 valence electrons. The van der Waals surface area contributed by atoms with Crippen LogP contribution in [-0.4, -0.2) is 45.5 Å². The van der Waals surface area contributed by atoms with E-state index in [-0.39, 0.29) is 30.1 Å². The number of nitrogens with zero attached hydrogens (tertiary/aromatic N) is 1. The van der Waals surface area contributed by atoms with Crippen LogP contribution in [0.15, 0.2) is 59.6 Å². The largest absolute Gasteiger partial charge is 0.489 e. The third-order valence-electron chi connectivity index (χ3n) is 4.68. The fraction of sp³-hybridized carbons (Fsp3) is 0.435. The van der Waals surface area contributed by atoms with Crippen molar-refractivity contribution in [3.8, 4) is 5.75 Å². The molecule has 0 aliphatic carbocycles. The summed E-state index contributed by atoms with van der Waals surface area (Å²) in [6, 6.07) is 18.3. The van der Waals surface area contributed by atoms with Gasteiger partial charge in [0.1, 0.15) is 12.4 Å². The van der Waals surface area contributed by atoms with E-state index < -0.39 is 0 Å². The Labute approximate surface area is 196 Å². The predicted molar refractivity (Wildman–Crippen MR) is 131 cm³/mol. The zero-order valence-corrected chi connectivity index (χ0v) is 19.8. The molecule has 2 aromatic carbocycles. The van der Waals surface area contributed by atoms with Crippen LogP contribution >= 0.6 is 24.0 Å². The van der Waals surface area contributed by atoms with Gasteiger partial charge in [0.2, 0.25) is 0 Å². The molecule has 7 heteroatoms. The van der Waals surface area contributed by atoms with Gasteiger partial charge in [0.25, 0.3) is 0 Å². The van der Waals surface area contributed by atoms with Crippen molar-refractivity contribution >= 4 is 29.9 Å². The summed E-state index contributed by atoms with van der Waals surface area (Å²) in [4.78, 5) is 4.29. The standard InChI is InChI=1S/C23H31N3O3.HI/c1-24-23(25-12-6-13-28-22-11-14-27-18-22)26-16-19-7-5-8-20(15-19)17-29-21-9-3-2-4-10-21;/h2-5,7-10,15,22H,6,11-14,16-18H2,1H3,(H2,24,25,26);1H. The molecule has 0 spiro atoms. The number of halogens is 1. The zero-order chi connectivity index (χ0) is 20.2. The van der Waals surface area contributed by atoms with E-state index in [1.807, 2.05) is 30.3 Å². The van der Waals surface area contributed by atoms with Crippen LogP contribution in [0.25, 0.3) is 0 Å². The highest BCUT2D eigenvalue weighted by Gasteiger charge is 2.15. The molecule has 1 unspecified atom stereocenters. The van der Waals surface area contributed by atoms with Crippen LogP contribution in [0.4, 0.5) is 0 Å². The first-order valence-corrected chi connectivity index (χ1v) is 10.2. The first-order chi connectivity index (χ1) is 14.3.